The molecule has 1 aromatic heterocycles. The predicted molar refractivity (Wildman–Crippen MR) is 140 cm³/mol. The summed E-state index contributed by atoms with van der Waals surface area (Å²) in [5.41, 5.74) is 1.09. The molecule has 7 nitrogen and oxygen atoms in total. The fourth-order valence-electron chi connectivity index (χ4n) is 5.43. The zero-order valence-corrected chi connectivity index (χ0v) is 22.2. The van der Waals surface area contributed by atoms with Crippen molar-refractivity contribution in [1.29, 1.82) is 0 Å². The molecule has 0 aliphatic carbocycles. The van der Waals surface area contributed by atoms with E-state index in [9.17, 15) is 18.0 Å². The Morgan fingerprint density at radius 1 is 1.18 bits per heavy atom. The standard InChI is InChI=1S/C28H32F3N5O2/c1-15(18-7-6-8-19(24(18)29)25(30)31)32-26-21-12-23-22(11-20(21)16(2)33-34-26)28(3,4)27(37)36(23)14-17-13-35(5)9-10-38-17/h6-8,11-12,15,17,25H,9-10,13-14H2,1-5H3,(H,32,34)/t15-,17?/m1/s1. The first-order valence-electron chi connectivity index (χ1n) is 12.8. The Morgan fingerprint density at radius 3 is 2.63 bits per heavy atom. The van der Waals surface area contributed by atoms with Gasteiger partial charge in [-0.3, -0.25) is 4.79 Å². The number of carbonyl (C=O) groups excluding carboxylic acids is 1. The fourth-order valence-corrected chi connectivity index (χ4v) is 5.43. The Balaban J connectivity index is 1.55. The number of morpholine rings is 1. The molecule has 2 aromatic carbocycles. The molecule has 38 heavy (non-hydrogen) atoms. The minimum atomic E-state index is -2.91. The summed E-state index contributed by atoms with van der Waals surface area (Å²) in [7, 11) is 2.03. The number of halogens is 3. The fraction of sp³-hybridized carbons (Fsp3) is 0.464. The number of hydrogen-bond donors (Lipinski definition) is 1. The molecule has 1 saturated heterocycles. The number of anilines is 2. The Labute approximate surface area is 220 Å². The molecule has 0 bridgehead atoms. The summed E-state index contributed by atoms with van der Waals surface area (Å²) in [5.74, 6) is -0.566. The molecule has 2 aliphatic rings. The van der Waals surface area contributed by atoms with E-state index in [1.807, 2.05) is 40.0 Å². The molecule has 3 aromatic rings. The van der Waals surface area contributed by atoms with Crippen molar-refractivity contribution in [3.05, 3.63) is 58.5 Å². The van der Waals surface area contributed by atoms with Crippen LogP contribution in [-0.2, 0) is 14.9 Å². The molecule has 0 spiro atoms. The van der Waals surface area contributed by atoms with Crippen molar-refractivity contribution in [1.82, 2.24) is 15.1 Å². The highest BCUT2D eigenvalue weighted by Crippen LogP contribution is 2.45. The minimum Gasteiger partial charge on any atom is -0.374 e. The summed E-state index contributed by atoms with van der Waals surface area (Å²) >= 11 is 0. The minimum absolute atomic E-state index is 0.00744. The van der Waals surface area contributed by atoms with Crippen molar-refractivity contribution >= 4 is 28.2 Å². The molecule has 10 heteroatoms. The van der Waals surface area contributed by atoms with E-state index < -0.39 is 29.3 Å². The first-order chi connectivity index (χ1) is 18.0. The number of rotatable bonds is 6. The van der Waals surface area contributed by atoms with Crippen LogP contribution in [0.5, 0.6) is 0 Å². The molecular weight excluding hydrogens is 495 g/mol. The first-order valence-corrected chi connectivity index (χ1v) is 12.8. The average molecular weight is 528 g/mol. The van der Waals surface area contributed by atoms with Gasteiger partial charge < -0.3 is 19.9 Å². The van der Waals surface area contributed by atoms with Crippen molar-refractivity contribution < 1.29 is 22.7 Å². The third-order valence-corrected chi connectivity index (χ3v) is 7.67. The predicted octanol–water partition coefficient (Wildman–Crippen LogP) is 5.14. The third kappa shape index (κ3) is 4.49. The number of nitrogens with zero attached hydrogens (tertiary/aromatic N) is 4. The van der Waals surface area contributed by atoms with E-state index in [0.717, 1.165) is 35.8 Å². The molecule has 202 valence electrons. The highest BCUT2D eigenvalue weighted by Gasteiger charge is 2.45. The van der Waals surface area contributed by atoms with Crippen LogP contribution < -0.4 is 10.2 Å². The molecule has 1 N–H and O–H groups in total. The molecule has 0 saturated carbocycles. The Kier molecular flexibility index (Phi) is 6.81. The molecule has 2 aliphatic heterocycles. The van der Waals surface area contributed by atoms with Crippen molar-refractivity contribution in [2.45, 2.75) is 51.7 Å². The van der Waals surface area contributed by atoms with Crippen LogP contribution in [0.25, 0.3) is 10.8 Å². The van der Waals surface area contributed by atoms with E-state index >= 15 is 0 Å². The maximum absolute atomic E-state index is 14.8. The monoisotopic (exact) mass is 527 g/mol. The average Bonchev–Trinajstić information content (AvgIpc) is 3.05. The lowest BCUT2D eigenvalue weighted by Crippen LogP contribution is -2.48. The van der Waals surface area contributed by atoms with Gasteiger partial charge >= 0.3 is 0 Å². The zero-order valence-electron chi connectivity index (χ0n) is 22.2. The van der Waals surface area contributed by atoms with Gasteiger partial charge in [0.25, 0.3) is 6.43 Å². The molecule has 2 atom stereocenters. The third-order valence-electron chi connectivity index (χ3n) is 7.67. The Bertz CT molecular complexity index is 1400. The lowest BCUT2D eigenvalue weighted by atomic mass is 9.85. The van der Waals surface area contributed by atoms with E-state index in [2.05, 4.69) is 20.4 Å². The number of nitrogens with one attached hydrogen (secondary N) is 1. The summed E-state index contributed by atoms with van der Waals surface area (Å²) in [6.45, 7) is 9.97. The van der Waals surface area contributed by atoms with Gasteiger partial charge in [0.05, 0.1) is 42.0 Å². The van der Waals surface area contributed by atoms with Crippen molar-refractivity contribution in [3.8, 4) is 0 Å². The van der Waals surface area contributed by atoms with Crippen molar-refractivity contribution in [2.24, 2.45) is 0 Å². The topological polar surface area (TPSA) is 70.6 Å². The van der Waals surface area contributed by atoms with Crippen molar-refractivity contribution in [2.75, 3.05) is 43.5 Å². The molecular formula is C28H32F3N5O2. The maximum atomic E-state index is 14.8. The molecule has 0 radical (unpaired) electrons. The molecule has 1 amide bonds. The number of fused-ring (bicyclic) bond motifs is 2. The summed E-state index contributed by atoms with van der Waals surface area (Å²) in [4.78, 5) is 17.6. The second-order valence-electron chi connectivity index (χ2n) is 10.8. The number of ether oxygens (including phenoxy) is 1. The largest absolute Gasteiger partial charge is 0.374 e. The van der Waals surface area contributed by atoms with Crippen LogP contribution in [0.2, 0.25) is 0 Å². The summed E-state index contributed by atoms with van der Waals surface area (Å²) in [5, 5.41) is 13.3. The van der Waals surface area contributed by atoms with Gasteiger partial charge in [-0.2, -0.15) is 5.10 Å². The van der Waals surface area contributed by atoms with Gasteiger partial charge in [0.15, 0.2) is 5.82 Å². The van der Waals surface area contributed by atoms with E-state index in [-0.39, 0.29) is 17.6 Å². The van der Waals surface area contributed by atoms with Crippen LogP contribution in [0, 0.1) is 12.7 Å². The van der Waals surface area contributed by atoms with Gasteiger partial charge in [-0.25, -0.2) is 13.2 Å². The van der Waals surface area contributed by atoms with Crippen LogP contribution in [0.15, 0.2) is 30.3 Å². The normalized spacial score (nSPS) is 20.3. The SMILES string of the molecule is Cc1nnc(N[C@H](C)c2cccc(C(F)F)c2F)c2cc3c(cc12)C(C)(C)C(=O)N3CC1CN(C)CCO1. The van der Waals surface area contributed by atoms with E-state index in [4.69, 9.17) is 4.74 Å². The van der Waals surface area contributed by atoms with Crippen LogP contribution in [0.4, 0.5) is 24.7 Å². The van der Waals surface area contributed by atoms with Gasteiger partial charge in [0.1, 0.15) is 5.82 Å². The molecule has 1 unspecified atom stereocenters. The smallest absolute Gasteiger partial charge is 0.266 e. The number of benzene rings is 2. The maximum Gasteiger partial charge on any atom is 0.266 e. The molecule has 5 rings (SSSR count). The number of aromatic nitrogens is 2. The zero-order chi connectivity index (χ0) is 27.4. The Morgan fingerprint density at radius 2 is 1.92 bits per heavy atom. The summed E-state index contributed by atoms with van der Waals surface area (Å²) in [6, 6.07) is 7.22. The van der Waals surface area contributed by atoms with Crippen molar-refractivity contribution in [3.63, 3.8) is 0 Å². The van der Waals surface area contributed by atoms with Gasteiger partial charge in [0, 0.05) is 35.1 Å². The number of hydrogen-bond acceptors (Lipinski definition) is 6. The number of alkyl halides is 2. The summed E-state index contributed by atoms with van der Waals surface area (Å²) < 4.78 is 47.3. The van der Waals surface area contributed by atoms with E-state index in [0.29, 0.717) is 30.0 Å². The number of carbonyl (C=O) groups is 1. The first kappa shape index (κ1) is 26.4. The van der Waals surface area contributed by atoms with E-state index in [1.165, 1.54) is 12.1 Å². The lowest BCUT2D eigenvalue weighted by molar-refractivity contribution is -0.122. The number of likely N-dealkylation sites (N-methyl/N-ethyl adjacent to an activating group) is 1. The summed E-state index contributed by atoms with van der Waals surface area (Å²) in [6.07, 6.45) is -3.03. The second kappa shape index (κ2) is 9.81. The van der Waals surface area contributed by atoms with Gasteiger partial charge in [-0.1, -0.05) is 18.2 Å². The number of amides is 1. The quantitative estimate of drug-likeness (QED) is 0.479. The lowest BCUT2D eigenvalue weighted by Gasteiger charge is -2.33. The highest BCUT2D eigenvalue weighted by molar-refractivity contribution is 6.11. The van der Waals surface area contributed by atoms with Gasteiger partial charge in [0.2, 0.25) is 5.91 Å². The van der Waals surface area contributed by atoms with Crippen LogP contribution in [-0.4, -0.2) is 60.4 Å². The molecule has 1 fully saturated rings. The number of aryl methyl sites for hydroxylation is 1. The highest BCUT2D eigenvalue weighted by atomic mass is 19.3. The van der Waals surface area contributed by atoms with Crippen LogP contribution in [0.3, 0.4) is 0 Å². The second-order valence-corrected chi connectivity index (χ2v) is 10.8. The van der Waals surface area contributed by atoms with Gasteiger partial charge in [-0.15, -0.1) is 5.10 Å². The van der Waals surface area contributed by atoms with Crippen LogP contribution in [0.1, 0.15) is 55.6 Å². The van der Waals surface area contributed by atoms with E-state index in [1.54, 1.807) is 11.8 Å². The molecule has 3 heterocycles. The van der Waals surface area contributed by atoms with Gasteiger partial charge in [-0.05, 0) is 52.4 Å². The van der Waals surface area contributed by atoms with Crippen LogP contribution >= 0.6 is 0 Å². The Hall–Kier alpha value is -3.24.